The van der Waals surface area contributed by atoms with Crippen molar-refractivity contribution >= 4 is 23.2 Å². The van der Waals surface area contributed by atoms with Crippen molar-refractivity contribution in [1.29, 1.82) is 0 Å². The number of nitrogens with one attached hydrogen (secondary N) is 3. The molecule has 0 radical (unpaired) electrons. The van der Waals surface area contributed by atoms with Gasteiger partial charge in [-0.3, -0.25) is 9.59 Å². The van der Waals surface area contributed by atoms with Gasteiger partial charge >= 0.3 is 0 Å². The molecule has 0 fully saturated rings. The van der Waals surface area contributed by atoms with Crippen LogP contribution < -0.4 is 16.0 Å². The lowest BCUT2D eigenvalue weighted by atomic mass is 10.1. The SMILES string of the molecule is CCc1cccc(C)c1NC(=O)CNc1ccc(C(=O)NCCCOC)cc1. The Hall–Kier alpha value is -2.86. The molecule has 28 heavy (non-hydrogen) atoms. The standard InChI is InChI=1S/C22H29N3O3/c1-4-17-8-5-7-16(2)21(17)25-20(26)15-24-19-11-9-18(10-12-19)22(27)23-13-6-14-28-3/h5,7-12,24H,4,6,13-15H2,1-3H3,(H,23,27)(H,25,26). The van der Waals surface area contributed by atoms with E-state index >= 15 is 0 Å². The number of aryl methyl sites for hydroxylation is 2. The van der Waals surface area contributed by atoms with Crippen LogP contribution in [0.1, 0.15) is 34.8 Å². The molecule has 150 valence electrons. The monoisotopic (exact) mass is 383 g/mol. The van der Waals surface area contributed by atoms with Gasteiger partial charge in [0.05, 0.1) is 6.54 Å². The third-order valence-electron chi connectivity index (χ3n) is 4.42. The van der Waals surface area contributed by atoms with Gasteiger partial charge in [0, 0.05) is 37.2 Å². The van der Waals surface area contributed by atoms with Crippen LogP contribution in [0.25, 0.3) is 0 Å². The zero-order chi connectivity index (χ0) is 20.4. The normalized spacial score (nSPS) is 10.4. The lowest BCUT2D eigenvalue weighted by molar-refractivity contribution is -0.114. The molecule has 0 aliphatic carbocycles. The summed E-state index contributed by atoms with van der Waals surface area (Å²) in [5, 5.41) is 8.92. The van der Waals surface area contributed by atoms with Crippen molar-refractivity contribution in [3.63, 3.8) is 0 Å². The lowest BCUT2D eigenvalue weighted by Crippen LogP contribution is -2.25. The van der Waals surface area contributed by atoms with E-state index in [0.29, 0.717) is 18.7 Å². The van der Waals surface area contributed by atoms with Crippen molar-refractivity contribution in [2.75, 3.05) is 37.4 Å². The molecule has 2 amide bonds. The van der Waals surface area contributed by atoms with E-state index in [2.05, 4.69) is 22.9 Å². The molecule has 6 heteroatoms. The zero-order valence-corrected chi connectivity index (χ0v) is 16.8. The average Bonchev–Trinajstić information content (AvgIpc) is 2.71. The molecule has 0 spiro atoms. The largest absolute Gasteiger partial charge is 0.385 e. The summed E-state index contributed by atoms with van der Waals surface area (Å²) in [6.45, 7) is 5.40. The van der Waals surface area contributed by atoms with E-state index in [4.69, 9.17) is 4.74 Å². The van der Waals surface area contributed by atoms with E-state index < -0.39 is 0 Å². The summed E-state index contributed by atoms with van der Waals surface area (Å²) < 4.78 is 4.96. The minimum atomic E-state index is -0.118. The van der Waals surface area contributed by atoms with Gasteiger partial charge < -0.3 is 20.7 Å². The summed E-state index contributed by atoms with van der Waals surface area (Å²) in [5.41, 5.74) is 4.42. The van der Waals surface area contributed by atoms with Gasteiger partial charge in [-0.25, -0.2) is 0 Å². The first-order chi connectivity index (χ1) is 13.5. The van der Waals surface area contributed by atoms with Gasteiger partial charge in [0.25, 0.3) is 5.91 Å². The molecule has 0 bridgehead atoms. The number of para-hydroxylation sites is 1. The van der Waals surface area contributed by atoms with Crippen LogP contribution >= 0.6 is 0 Å². The van der Waals surface area contributed by atoms with Gasteiger partial charge in [-0.2, -0.15) is 0 Å². The van der Waals surface area contributed by atoms with Crippen molar-refractivity contribution in [3.8, 4) is 0 Å². The number of benzene rings is 2. The summed E-state index contributed by atoms with van der Waals surface area (Å²) in [6.07, 6.45) is 1.64. The van der Waals surface area contributed by atoms with Crippen LogP contribution in [0.2, 0.25) is 0 Å². The highest BCUT2D eigenvalue weighted by Crippen LogP contribution is 2.21. The molecule has 0 aliphatic rings. The fourth-order valence-corrected chi connectivity index (χ4v) is 2.83. The number of hydrogen-bond acceptors (Lipinski definition) is 4. The molecule has 2 aromatic carbocycles. The molecule has 0 saturated heterocycles. The van der Waals surface area contributed by atoms with Crippen LogP contribution in [-0.2, 0) is 16.0 Å². The van der Waals surface area contributed by atoms with Crippen molar-refractivity contribution in [3.05, 3.63) is 59.2 Å². The summed E-state index contributed by atoms with van der Waals surface area (Å²) >= 11 is 0. The highest BCUT2D eigenvalue weighted by atomic mass is 16.5. The highest BCUT2D eigenvalue weighted by Gasteiger charge is 2.09. The number of carbonyl (C=O) groups is 2. The minimum Gasteiger partial charge on any atom is -0.385 e. The summed E-state index contributed by atoms with van der Waals surface area (Å²) in [7, 11) is 1.64. The van der Waals surface area contributed by atoms with E-state index in [9.17, 15) is 9.59 Å². The van der Waals surface area contributed by atoms with Crippen LogP contribution in [0.15, 0.2) is 42.5 Å². The molecule has 0 unspecified atom stereocenters. The topological polar surface area (TPSA) is 79.5 Å². The Kier molecular flexibility index (Phi) is 8.49. The average molecular weight is 383 g/mol. The first kappa shape index (κ1) is 21.4. The molecule has 2 rings (SSSR count). The fraction of sp³-hybridized carbons (Fsp3) is 0.364. The maximum atomic E-state index is 12.3. The van der Waals surface area contributed by atoms with Crippen molar-refractivity contribution in [1.82, 2.24) is 5.32 Å². The molecular formula is C22H29N3O3. The summed E-state index contributed by atoms with van der Waals surface area (Å²) in [4.78, 5) is 24.3. The number of hydrogen-bond donors (Lipinski definition) is 3. The van der Waals surface area contributed by atoms with Gasteiger partial charge in [-0.15, -0.1) is 0 Å². The van der Waals surface area contributed by atoms with E-state index in [0.717, 1.165) is 35.3 Å². The van der Waals surface area contributed by atoms with Crippen LogP contribution in [0.5, 0.6) is 0 Å². The maximum Gasteiger partial charge on any atom is 0.251 e. The predicted octanol–water partition coefficient (Wildman–Crippen LogP) is 3.37. The fourth-order valence-electron chi connectivity index (χ4n) is 2.83. The molecule has 0 aliphatic heterocycles. The number of methoxy groups -OCH3 is 1. The van der Waals surface area contributed by atoms with Crippen molar-refractivity contribution in [2.24, 2.45) is 0 Å². The Morgan fingerprint density at radius 1 is 1.07 bits per heavy atom. The molecule has 0 aromatic heterocycles. The number of anilines is 2. The third-order valence-corrected chi connectivity index (χ3v) is 4.42. The number of rotatable bonds is 10. The first-order valence-electron chi connectivity index (χ1n) is 9.54. The Balaban J connectivity index is 1.84. The molecule has 2 aromatic rings. The lowest BCUT2D eigenvalue weighted by Gasteiger charge is -2.14. The van der Waals surface area contributed by atoms with Crippen molar-refractivity contribution < 1.29 is 14.3 Å². The van der Waals surface area contributed by atoms with Crippen molar-refractivity contribution in [2.45, 2.75) is 26.7 Å². The van der Waals surface area contributed by atoms with E-state index in [1.807, 2.05) is 25.1 Å². The second kappa shape index (κ2) is 11.1. The number of ether oxygens (including phenoxy) is 1. The van der Waals surface area contributed by atoms with Gasteiger partial charge in [-0.1, -0.05) is 25.1 Å². The zero-order valence-electron chi connectivity index (χ0n) is 16.8. The van der Waals surface area contributed by atoms with Gasteiger partial charge in [0.15, 0.2) is 0 Å². The van der Waals surface area contributed by atoms with Gasteiger partial charge in [-0.05, 0) is 55.2 Å². The van der Waals surface area contributed by atoms with E-state index in [-0.39, 0.29) is 18.4 Å². The Morgan fingerprint density at radius 2 is 1.82 bits per heavy atom. The van der Waals surface area contributed by atoms with Gasteiger partial charge in [0.2, 0.25) is 5.91 Å². The third kappa shape index (κ3) is 6.39. The highest BCUT2D eigenvalue weighted by molar-refractivity contribution is 5.96. The molecule has 0 heterocycles. The quantitative estimate of drug-likeness (QED) is 0.550. The van der Waals surface area contributed by atoms with Crippen LogP contribution in [0.3, 0.4) is 0 Å². The van der Waals surface area contributed by atoms with Crippen LogP contribution in [-0.4, -0.2) is 38.6 Å². The Bertz CT molecular complexity index is 788. The summed E-state index contributed by atoms with van der Waals surface area (Å²) in [6, 6.07) is 13.1. The smallest absolute Gasteiger partial charge is 0.251 e. The molecule has 0 saturated carbocycles. The molecular weight excluding hydrogens is 354 g/mol. The Labute approximate surface area is 166 Å². The van der Waals surface area contributed by atoms with E-state index in [1.54, 1.807) is 31.4 Å². The molecule has 6 nitrogen and oxygen atoms in total. The second-order valence-electron chi connectivity index (χ2n) is 6.54. The molecule has 0 atom stereocenters. The van der Waals surface area contributed by atoms with Crippen LogP contribution in [0.4, 0.5) is 11.4 Å². The molecule has 3 N–H and O–H groups in total. The van der Waals surface area contributed by atoms with Gasteiger partial charge in [0.1, 0.15) is 0 Å². The summed E-state index contributed by atoms with van der Waals surface area (Å²) in [5.74, 6) is -0.226. The second-order valence-corrected chi connectivity index (χ2v) is 6.54. The number of carbonyl (C=O) groups excluding carboxylic acids is 2. The maximum absolute atomic E-state index is 12.3. The first-order valence-corrected chi connectivity index (χ1v) is 9.54. The predicted molar refractivity (Wildman–Crippen MR) is 113 cm³/mol. The Morgan fingerprint density at radius 3 is 2.50 bits per heavy atom. The number of amides is 2. The minimum absolute atomic E-state index is 0.107. The van der Waals surface area contributed by atoms with E-state index in [1.165, 1.54) is 0 Å². The van der Waals surface area contributed by atoms with Crippen LogP contribution in [0, 0.1) is 6.92 Å².